The monoisotopic (exact) mass is 381 g/mol. The van der Waals surface area contributed by atoms with Crippen molar-refractivity contribution in [2.24, 2.45) is 0 Å². The fraction of sp³-hybridized carbons (Fsp3) is 0.588. The number of fused-ring (bicyclic) bond motifs is 1. The lowest BCUT2D eigenvalue weighted by atomic mass is 10.0. The average molecular weight is 382 g/mol. The number of rotatable bonds is 9. The molecule has 3 heterocycles. The number of aromatic nitrogens is 1. The number of unbranched alkanes of at least 4 members (excludes halogenated alkanes) is 1. The van der Waals surface area contributed by atoms with Gasteiger partial charge in [-0.05, 0) is 25.0 Å². The molecule has 0 spiro atoms. The zero-order chi connectivity index (χ0) is 17.5. The molecule has 0 bridgehead atoms. The third-order valence-electron chi connectivity index (χ3n) is 4.29. The second-order valence-corrected chi connectivity index (χ2v) is 8.49. The van der Waals surface area contributed by atoms with Crippen LogP contribution in [-0.2, 0) is 9.53 Å². The molecule has 2 saturated heterocycles. The van der Waals surface area contributed by atoms with Crippen molar-refractivity contribution < 1.29 is 14.3 Å². The van der Waals surface area contributed by atoms with Gasteiger partial charge in [0.2, 0.25) is 0 Å². The van der Waals surface area contributed by atoms with Gasteiger partial charge in [0.25, 0.3) is 0 Å². The van der Waals surface area contributed by atoms with Crippen LogP contribution in [0.5, 0.6) is 0 Å². The molecule has 2 aliphatic rings. The van der Waals surface area contributed by atoms with Crippen LogP contribution in [0.2, 0.25) is 0 Å². The van der Waals surface area contributed by atoms with Crippen molar-refractivity contribution in [3.05, 3.63) is 24.4 Å². The Morgan fingerprint density at radius 3 is 3.12 bits per heavy atom. The summed E-state index contributed by atoms with van der Waals surface area (Å²) >= 11 is 3.49. The van der Waals surface area contributed by atoms with E-state index in [1.165, 1.54) is 0 Å². The second-order valence-electron chi connectivity index (χ2n) is 6.10. The summed E-state index contributed by atoms with van der Waals surface area (Å²) in [6.45, 7) is 0.417. The topological polar surface area (TPSA) is 80.3 Å². The van der Waals surface area contributed by atoms with Crippen LogP contribution in [-0.4, -0.2) is 52.4 Å². The number of nitrogens with one attached hydrogen (secondary N) is 2. The van der Waals surface area contributed by atoms with Crippen LogP contribution >= 0.6 is 23.5 Å². The zero-order valence-corrected chi connectivity index (χ0v) is 15.6. The van der Waals surface area contributed by atoms with Gasteiger partial charge in [0.05, 0.1) is 17.1 Å². The van der Waals surface area contributed by atoms with Gasteiger partial charge >= 0.3 is 12.0 Å². The van der Waals surface area contributed by atoms with Crippen LogP contribution in [0.4, 0.5) is 4.79 Å². The van der Waals surface area contributed by atoms with Gasteiger partial charge in [0.1, 0.15) is 6.61 Å². The Hall–Kier alpha value is -1.41. The fourth-order valence-electron chi connectivity index (χ4n) is 3.06. The van der Waals surface area contributed by atoms with Crippen LogP contribution in [0.1, 0.15) is 25.7 Å². The molecule has 8 heteroatoms. The molecule has 2 N–H and O–H groups in total. The summed E-state index contributed by atoms with van der Waals surface area (Å²) in [5.41, 5.74) is 0. The molecule has 0 unspecified atom stereocenters. The quantitative estimate of drug-likeness (QED) is 0.296. The van der Waals surface area contributed by atoms with E-state index in [-0.39, 0.29) is 24.1 Å². The summed E-state index contributed by atoms with van der Waals surface area (Å²) in [7, 11) is 0. The Morgan fingerprint density at radius 2 is 2.28 bits per heavy atom. The highest BCUT2D eigenvalue weighted by Crippen LogP contribution is 2.33. The number of amides is 2. The molecule has 3 atom stereocenters. The molecule has 0 saturated carbocycles. The van der Waals surface area contributed by atoms with Gasteiger partial charge in [-0.15, -0.1) is 11.8 Å². The first kappa shape index (κ1) is 18.4. The van der Waals surface area contributed by atoms with Gasteiger partial charge in [-0.1, -0.05) is 12.5 Å². The molecule has 1 aromatic heterocycles. The van der Waals surface area contributed by atoms with Crippen LogP contribution < -0.4 is 10.6 Å². The van der Waals surface area contributed by atoms with Gasteiger partial charge in [-0.3, -0.25) is 4.79 Å². The Morgan fingerprint density at radius 1 is 1.36 bits per heavy atom. The number of thioether (sulfide) groups is 2. The number of pyridine rings is 1. The molecular formula is C17H23N3O3S2. The predicted molar refractivity (Wildman–Crippen MR) is 99.9 cm³/mol. The first-order chi connectivity index (χ1) is 12.2. The molecular weight excluding hydrogens is 358 g/mol. The first-order valence-electron chi connectivity index (χ1n) is 8.60. The number of esters is 1. The lowest BCUT2D eigenvalue weighted by Gasteiger charge is -2.16. The van der Waals surface area contributed by atoms with E-state index in [2.05, 4.69) is 15.6 Å². The van der Waals surface area contributed by atoms with E-state index in [0.29, 0.717) is 18.3 Å². The van der Waals surface area contributed by atoms with Crippen LogP contribution in [0.25, 0.3) is 0 Å². The predicted octanol–water partition coefficient (Wildman–Crippen LogP) is 2.44. The standard InChI is InChI=1S/C17H23N3O3S2/c21-15(23-9-10-24-14-6-3-4-8-18-14)7-2-1-5-13-16-12(11-25-13)19-17(22)20-16/h3-4,6,8,12-13,16H,1-2,5,7,9-11H2,(H2,19,20,22)/t12-,13-,16-/m1/s1. The Kier molecular flexibility index (Phi) is 6.86. The van der Waals surface area contributed by atoms with Gasteiger partial charge in [0, 0.05) is 29.4 Å². The van der Waals surface area contributed by atoms with Crippen molar-refractivity contribution in [3.8, 4) is 0 Å². The summed E-state index contributed by atoms with van der Waals surface area (Å²) in [5, 5.41) is 7.33. The minimum absolute atomic E-state index is 0.0487. The number of hydrogen-bond donors (Lipinski definition) is 2. The smallest absolute Gasteiger partial charge is 0.315 e. The van der Waals surface area contributed by atoms with Crippen molar-refractivity contribution in [2.45, 2.75) is 48.0 Å². The first-order valence-corrected chi connectivity index (χ1v) is 10.6. The normalized spacial score (nSPS) is 24.5. The third-order valence-corrected chi connectivity index (χ3v) is 6.71. The fourth-order valence-corrected chi connectivity index (χ4v) is 5.29. The van der Waals surface area contributed by atoms with Gasteiger partial charge < -0.3 is 15.4 Å². The molecule has 1 aromatic rings. The Bertz CT molecular complexity index is 588. The highest BCUT2D eigenvalue weighted by Gasteiger charge is 2.42. The molecule has 136 valence electrons. The van der Waals surface area contributed by atoms with E-state index in [9.17, 15) is 9.59 Å². The van der Waals surface area contributed by atoms with E-state index in [1.807, 2.05) is 30.0 Å². The maximum atomic E-state index is 11.8. The van der Waals surface area contributed by atoms with Crippen molar-refractivity contribution in [3.63, 3.8) is 0 Å². The second kappa shape index (κ2) is 9.33. The summed E-state index contributed by atoms with van der Waals surface area (Å²) < 4.78 is 5.26. The van der Waals surface area contributed by atoms with Crippen LogP contribution in [0.15, 0.2) is 29.4 Å². The average Bonchev–Trinajstić information content (AvgIpc) is 3.16. The van der Waals surface area contributed by atoms with Crippen LogP contribution in [0, 0.1) is 0 Å². The number of carbonyl (C=O) groups excluding carboxylic acids is 2. The van der Waals surface area contributed by atoms with Crippen molar-refractivity contribution in [1.29, 1.82) is 0 Å². The Labute approximate surface area is 156 Å². The zero-order valence-electron chi connectivity index (χ0n) is 14.0. The van der Waals surface area contributed by atoms with Crippen molar-refractivity contribution >= 4 is 35.5 Å². The lowest BCUT2D eigenvalue weighted by molar-refractivity contribution is -0.143. The van der Waals surface area contributed by atoms with E-state index in [0.717, 1.165) is 35.8 Å². The minimum Gasteiger partial charge on any atom is -0.465 e. The lowest BCUT2D eigenvalue weighted by Crippen LogP contribution is -2.36. The molecule has 6 nitrogen and oxygen atoms in total. The van der Waals surface area contributed by atoms with Gasteiger partial charge in [-0.2, -0.15) is 11.8 Å². The number of urea groups is 1. The summed E-state index contributed by atoms with van der Waals surface area (Å²) in [6, 6.07) is 6.23. The van der Waals surface area contributed by atoms with Gasteiger partial charge in [0.15, 0.2) is 0 Å². The van der Waals surface area contributed by atoms with E-state index < -0.39 is 0 Å². The molecule has 0 radical (unpaired) electrons. The molecule has 3 rings (SSSR count). The maximum Gasteiger partial charge on any atom is 0.315 e. The summed E-state index contributed by atoms with van der Waals surface area (Å²) in [4.78, 5) is 27.3. The van der Waals surface area contributed by atoms with Crippen molar-refractivity contribution in [1.82, 2.24) is 15.6 Å². The number of hydrogen-bond acceptors (Lipinski definition) is 6. The largest absolute Gasteiger partial charge is 0.465 e. The summed E-state index contributed by atoms with van der Waals surface area (Å²) in [5.74, 6) is 1.57. The molecule has 2 aliphatic heterocycles. The molecule has 2 fully saturated rings. The minimum atomic E-state index is -0.130. The maximum absolute atomic E-state index is 11.8. The Balaban J connectivity index is 1.22. The van der Waals surface area contributed by atoms with Crippen LogP contribution in [0.3, 0.4) is 0 Å². The third kappa shape index (κ3) is 5.54. The number of carbonyl (C=O) groups is 2. The highest BCUT2D eigenvalue weighted by atomic mass is 32.2. The van der Waals surface area contributed by atoms with E-state index in [1.54, 1.807) is 18.0 Å². The molecule has 25 heavy (non-hydrogen) atoms. The van der Waals surface area contributed by atoms with Gasteiger partial charge in [-0.25, -0.2) is 9.78 Å². The molecule has 0 aromatic carbocycles. The molecule has 2 amide bonds. The molecule has 0 aliphatic carbocycles. The highest BCUT2D eigenvalue weighted by molar-refractivity contribution is 8.00. The van der Waals surface area contributed by atoms with E-state index in [4.69, 9.17) is 4.74 Å². The number of nitrogens with zero attached hydrogens (tertiary/aromatic N) is 1. The van der Waals surface area contributed by atoms with Crippen molar-refractivity contribution in [2.75, 3.05) is 18.1 Å². The SMILES string of the molecule is O=C1N[C@@H]2[C@@H](CS[C@@H]2CCCCC(=O)OCCSc2ccccn2)N1. The number of ether oxygens (including phenoxy) is 1. The summed E-state index contributed by atoms with van der Waals surface area (Å²) in [6.07, 6.45) is 5.06. The van der Waals surface area contributed by atoms with E-state index >= 15 is 0 Å².